The van der Waals surface area contributed by atoms with E-state index >= 15 is 0 Å². The zero-order valence-electron chi connectivity index (χ0n) is 10.1. The first-order valence-corrected chi connectivity index (χ1v) is 5.60. The Bertz CT molecular complexity index is 289. The number of rotatable bonds is 3. The van der Waals surface area contributed by atoms with E-state index in [9.17, 15) is 5.11 Å². The number of methoxy groups -OCH3 is 1. The van der Waals surface area contributed by atoms with Gasteiger partial charge < -0.3 is 19.3 Å². The van der Waals surface area contributed by atoms with Crippen LogP contribution in [0, 0.1) is 5.41 Å². The summed E-state index contributed by atoms with van der Waals surface area (Å²) < 4.78 is 16.8. The lowest BCUT2D eigenvalue weighted by Crippen LogP contribution is -2.37. The predicted octanol–water partition coefficient (Wildman–Crippen LogP) is 1.09. The average molecular weight is 228 g/mol. The Labute approximate surface area is 96.2 Å². The monoisotopic (exact) mass is 228 g/mol. The topological polar surface area (TPSA) is 47.9 Å². The highest BCUT2D eigenvalue weighted by Crippen LogP contribution is 2.49. The summed E-state index contributed by atoms with van der Waals surface area (Å²) in [5.41, 5.74) is -0.341. The summed E-state index contributed by atoms with van der Waals surface area (Å²) in [5.74, 6) is -0.640. The zero-order valence-corrected chi connectivity index (χ0v) is 10.1. The van der Waals surface area contributed by atoms with Crippen molar-refractivity contribution in [2.45, 2.75) is 44.4 Å². The largest absolute Gasteiger partial charge is 0.390 e. The minimum atomic E-state index is -0.640. The Kier molecular flexibility index (Phi) is 2.87. The molecule has 2 fully saturated rings. The second-order valence-corrected chi connectivity index (χ2v) is 5.16. The smallest absolute Gasteiger partial charge is 0.163 e. The summed E-state index contributed by atoms with van der Waals surface area (Å²) in [4.78, 5) is 0. The highest BCUT2D eigenvalue weighted by atomic mass is 16.8. The molecule has 0 aromatic heterocycles. The van der Waals surface area contributed by atoms with Gasteiger partial charge in [0, 0.05) is 12.5 Å². The van der Waals surface area contributed by atoms with Crippen molar-refractivity contribution in [1.29, 1.82) is 0 Å². The standard InChI is InChI=1S/C12H20O4/c1-5-12(7-14-4)6-8(13)9-10(12)16-11(2,3)15-9/h5,8-10,13H,1,6-7H2,2-4H3/t8-,9-,10-,12-/m0/s1. The summed E-state index contributed by atoms with van der Waals surface area (Å²) in [7, 11) is 1.64. The predicted molar refractivity (Wildman–Crippen MR) is 59.0 cm³/mol. The fraction of sp³-hybridized carbons (Fsp3) is 0.833. The molecule has 92 valence electrons. The average Bonchev–Trinajstić information content (AvgIpc) is 2.64. The highest BCUT2D eigenvalue weighted by molar-refractivity contribution is 5.13. The summed E-state index contributed by atoms with van der Waals surface area (Å²) >= 11 is 0. The van der Waals surface area contributed by atoms with Crippen LogP contribution in [-0.4, -0.2) is 42.9 Å². The number of fused-ring (bicyclic) bond motifs is 1. The van der Waals surface area contributed by atoms with E-state index in [4.69, 9.17) is 14.2 Å². The Morgan fingerprint density at radius 3 is 2.75 bits per heavy atom. The van der Waals surface area contributed by atoms with Crippen LogP contribution >= 0.6 is 0 Å². The molecule has 1 N–H and O–H groups in total. The van der Waals surface area contributed by atoms with E-state index in [-0.39, 0.29) is 17.6 Å². The molecule has 1 aliphatic heterocycles. The summed E-state index contributed by atoms with van der Waals surface area (Å²) in [5, 5.41) is 10.0. The van der Waals surface area contributed by atoms with Crippen LogP contribution in [0.1, 0.15) is 20.3 Å². The molecule has 2 rings (SSSR count). The Morgan fingerprint density at radius 2 is 2.19 bits per heavy atom. The van der Waals surface area contributed by atoms with Crippen LogP contribution in [0.5, 0.6) is 0 Å². The van der Waals surface area contributed by atoms with Crippen LogP contribution in [0.2, 0.25) is 0 Å². The van der Waals surface area contributed by atoms with Crippen molar-refractivity contribution in [1.82, 2.24) is 0 Å². The van der Waals surface area contributed by atoms with Gasteiger partial charge in [-0.2, -0.15) is 0 Å². The molecular weight excluding hydrogens is 208 g/mol. The fourth-order valence-electron chi connectivity index (χ4n) is 2.80. The molecule has 1 saturated heterocycles. The third kappa shape index (κ3) is 1.70. The van der Waals surface area contributed by atoms with Gasteiger partial charge in [-0.1, -0.05) is 6.08 Å². The number of aliphatic hydroxyl groups is 1. The molecule has 0 amide bonds. The maximum atomic E-state index is 10.0. The zero-order chi connectivity index (χ0) is 12.0. The lowest BCUT2D eigenvalue weighted by atomic mass is 9.84. The molecule has 1 saturated carbocycles. The molecule has 0 bridgehead atoms. The first-order chi connectivity index (χ1) is 7.44. The van der Waals surface area contributed by atoms with Gasteiger partial charge in [-0.25, -0.2) is 0 Å². The quantitative estimate of drug-likeness (QED) is 0.735. The van der Waals surface area contributed by atoms with Gasteiger partial charge >= 0.3 is 0 Å². The maximum Gasteiger partial charge on any atom is 0.163 e. The molecule has 2 aliphatic rings. The normalized spacial score (nSPS) is 45.6. The minimum Gasteiger partial charge on any atom is -0.390 e. The summed E-state index contributed by atoms with van der Waals surface area (Å²) in [6, 6.07) is 0. The SMILES string of the molecule is C=C[C@@]1(COC)C[C@H](O)[C@@H]2OC(C)(C)O[C@@H]21. The van der Waals surface area contributed by atoms with Crippen molar-refractivity contribution in [3.63, 3.8) is 0 Å². The molecular formula is C12H20O4. The summed E-state index contributed by atoms with van der Waals surface area (Å²) in [6.45, 7) is 8.06. The molecule has 1 aliphatic carbocycles. The third-order valence-corrected chi connectivity index (χ3v) is 3.48. The number of hydrogen-bond acceptors (Lipinski definition) is 4. The minimum absolute atomic E-state index is 0.171. The molecule has 16 heavy (non-hydrogen) atoms. The van der Waals surface area contributed by atoms with Crippen molar-refractivity contribution >= 4 is 0 Å². The molecule has 4 atom stereocenters. The molecule has 1 heterocycles. The second kappa shape index (κ2) is 3.81. The van der Waals surface area contributed by atoms with Gasteiger partial charge in [0.2, 0.25) is 0 Å². The van der Waals surface area contributed by atoms with Crippen LogP contribution in [0.3, 0.4) is 0 Å². The Balaban J connectivity index is 2.26. The van der Waals surface area contributed by atoms with Crippen molar-refractivity contribution in [3.05, 3.63) is 12.7 Å². The lowest BCUT2D eigenvalue weighted by Gasteiger charge is -2.31. The fourth-order valence-corrected chi connectivity index (χ4v) is 2.80. The molecule has 0 spiro atoms. The summed E-state index contributed by atoms with van der Waals surface area (Å²) in [6.07, 6.45) is 1.45. The molecule has 0 radical (unpaired) electrons. The van der Waals surface area contributed by atoms with Gasteiger partial charge in [-0.15, -0.1) is 6.58 Å². The van der Waals surface area contributed by atoms with Gasteiger partial charge in [0.1, 0.15) is 12.2 Å². The van der Waals surface area contributed by atoms with Gasteiger partial charge in [0.25, 0.3) is 0 Å². The van der Waals surface area contributed by atoms with E-state index < -0.39 is 11.9 Å². The first kappa shape index (κ1) is 12.0. The number of ether oxygens (including phenoxy) is 3. The molecule has 0 aromatic rings. The Morgan fingerprint density at radius 1 is 1.50 bits per heavy atom. The molecule has 4 heteroatoms. The van der Waals surface area contributed by atoms with Crippen molar-refractivity contribution in [2.24, 2.45) is 5.41 Å². The van der Waals surface area contributed by atoms with Gasteiger partial charge in [0.15, 0.2) is 5.79 Å². The maximum absolute atomic E-state index is 10.0. The van der Waals surface area contributed by atoms with Crippen LogP contribution in [0.15, 0.2) is 12.7 Å². The van der Waals surface area contributed by atoms with E-state index in [0.29, 0.717) is 13.0 Å². The molecule has 4 nitrogen and oxygen atoms in total. The molecule has 0 aromatic carbocycles. The van der Waals surface area contributed by atoms with Gasteiger partial charge in [-0.3, -0.25) is 0 Å². The van der Waals surface area contributed by atoms with E-state index in [0.717, 1.165) is 0 Å². The van der Waals surface area contributed by atoms with Crippen molar-refractivity contribution in [2.75, 3.05) is 13.7 Å². The van der Waals surface area contributed by atoms with E-state index in [2.05, 4.69) is 6.58 Å². The van der Waals surface area contributed by atoms with Gasteiger partial charge in [0.05, 0.1) is 12.7 Å². The Hall–Kier alpha value is -0.420. The lowest BCUT2D eigenvalue weighted by molar-refractivity contribution is -0.174. The van der Waals surface area contributed by atoms with E-state index in [1.54, 1.807) is 7.11 Å². The molecule has 0 unspecified atom stereocenters. The second-order valence-electron chi connectivity index (χ2n) is 5.16. The van der Waals surface area contributed by atoms with Crippen LogP contribution in [-0.2, 0) is 14.2 Å². The van der Waals surface area contributed by atoms with E-state index in [1.165, 1.54) is 0 Å². The van der Waals surface area contributed by atoms with Crippen molar-refractivity contribution < 1.29 is 19.3 Å². The van der Waals surface area contributed by atoms with Crippen LogP contribution in [0.4, 0.5) is 0 Å². The highest BCUT2D eigenvalue weighted by Gasteiger charge is 2.60. The van der Waals surface area contributed by atoms with E-state index in [1.807, 2.05) is 19.9 Å². The number of aliphatic hydroxyl groups excluding tert-OH is 1. The van der Waals surface area contributed by atoms with Crippen LogP contribution in [0.25, 0.3) is 0 Å². The third-order valence-electron chi connectivity index (χ3n) is 3.48. The number of hydrogen-bond donors (Lipinski definition) is 1. The first-order valence-electron chi connectivity index (χ1n) is 5.60. The van der Waals surface area contributed by atoms with Crippen molar-refractivity contribution in [3.8, 4) is 0 Å². The van der Waals surface area contributed by atoms with Gasteiger partial charge in [-0.05, 0) is 20.3 Å². The van der Waals surface area contributed by atoms with Crippen LogP contribution < -0.4 is 0 Å².